The van der Waals surface area contributed by atoms with Gasteiger partial charge in [-0.1, -0.05) is 136 Å². The minimum Gasteiger partial charge on any atom is -0.381 e. The maximum Gasteiger partial charge on any atom is 0.132 e. The van der Waals surface area contributed by atoms with Crippen molar-refractivity contribution in [2.45, 2.75) is 174 Å². The maximum absolute atomic E-state index is 10.5. The van der Waals surface area contributed by atoms with E-state index in [1.165, 1.54) is 135 Å². The zero-order chi connectivity index (χ0) is 23.4. The van der Waals surface area contributed by atoms with Gasteiger partial charge in [-0.3, -0.25) is 4.79 Å². The van der Waals surface area contributed by atoms with Gasteiger partial charge in [-0.2, -0.15) is 0 Å². The molecule has 0 amide bonds. The molecule has 2 heteroatoms. The lowest BCUT2D eigenvalue weighted by molar-refractivity contribution is -0.120. The fourth-order valence-corrected chi connectivity index (χ4v) is 4.43. The van der Waals surface area contributed by atoms with Crippen molar-refractivity contribution >= 4 is 5.78 Å². The molecule has 0 saturated heterocycles. The van der Waals surface area contributed by atoms with Crippen LogP contribution in [0.15, 0.2) is 0 Å². The Labute approximate surface area is 203 Å². The van der Waals surface area contributed by atoms with Crippen LogP contribution in [-0.2, 0) is 9.53 Å². The van der Waals surface area contributed by atoms with Gasteiger partial charge in [-0.05, 0) is 25.7 Å². The highest BCUT2D eigenvalue weighted by Crippen LogP contribution is 2.13. The van der Waals surface area contributed by atoms with Crippen molar-refractivity contribution in [2.24, 2.45) is 0 Å². The number of carbonyl (C=O) groups excluding carboxylic acids is 1. The molecule has 0 radical (unpaired) electrons. The predicted molar refractivity (Wildman–Crippen MR) is 143 cm³/mol. The highest BCUT2D eigenvalue weighted by atomic mass is 16.5. The molecule has 0 atom stereocenters. The largest absolute Gasteiger partial charge is 0.381 e. The van der Waals surface area contributed by atoms with Crippen LogP contribution in [0.1, 0.15) is 174 Å². The Morgan fingerprint density at radius 2 is 0.781 bits per heavy atom. The molecule has 1 aliphatic rings. The Kier molecular flexibility index (Phi) is 28.3. The Morgan fingerprint density at radius 1 is 0.469 bits per heavy atom. The summed E-state index contributed by atoms with van der Waals surface area (Å²) >= 11 is 0. The molecule has 1 aliphatic carbocycles. The summed E-state index contributed by atoms with van der Waals surface area (Å²) in [4.78, 5) is 10.5. The molecule has 0 bridgehead atoms. The molecule has 0 aliphatic heterocycles. The van der Waals surface area contributed by atoms with Gasteiger partial charge >= 0.3 is 0 Å². The van der Waals surface area contributed by atoms with Crippen molar-refractivity contribution in [3.05, 3.63) is 0 Å². The van der Waals surface area contributed by atoms with Crippen LogP contribution >= 0.6 is 0 Å². The molecular weight excluding hydrogens is 392 g/mol. The summed E-state index contributed by atoms with van der Waals surface area (Å²) in [6.07, 6.45) is 33.4. The first-order valence-corrected chi connectivity index (χ1v) is 14.9. The van der Waals surface area contributed by atoms with Gasteiger partial charge in [0.1, 0.15) is 5.78 Å². The standard InChI is InChI=1S/C24H50O.C6H10O/c1-3-5-7-9-11-13-15-17-19-21-23-25-24-22-20-18-16-14-12-10-8-6-4-2;7-6-4-2-1-3-5-6/h3-24H2,1-2H3;1-5H2. The van der Waals surface area contributed by atoms with Crippen LogP contribution in [0.4, 0.5) is 0 Å². The van der Waals surface area contributed by atoms with Crippen LogP contribution in [0.25, 0.3) is 0 Å². The molecule has 0 aromatic rings. The number of rotatable bonds is 22. The van der Waals surface area contributed by atoms with Crippen LogP contribution in [0, 0.1) is 0 Å². The summed E-state index contributed by atoms with van der Waals surface area (Å²) in [6, 6.07) is 0. The van der Waals surface area contributed by atoms with Crippen LogP contribution in [-0.4, -0.2) is 19.0 Å². The topological polar surface area (TPSA) is 26.3 Å². The molecular formula is C30H60O2. The molecule has 0 unspecified atom stereocenters. The zero-order valence-corrected chi connectivity index (χ0v) is 22.4. The number of ether oxygens (including phenoxy) is 1. The number of unbranched alkanes of at least 4 members (excludes halogenated alkanes) is 18. The van der Waals surface area contributed by atoms with E-state index in [0.717, 1.165) is 38.9 Å². The second-order valence-corrected chi connectivity index (χ2v) is 10.1. The van der Waals surface area contributed by atoms with E-state index in [4.69, 9.17) is 4.74 Å². The first-order chi connectivity index (χ1) is 15.8. The van der Waals surface area contributed by atoms with E-state index in [1.807, 2.05) is 0 Å². The maximum atomic E-state index is 10.5. The summed E-state index contributed by atoms with van der Waals surface area (Å²) < 4.78 is 5.78. The van der Waals surface area contributed by atoms with Crippen molar-refractivity contribution in [1.29, 1.82) is 0 Å². The number of Topliss-reactive ketones (excluding diaryl/α,β-unsaturated/α-hetero) is 1. The fourth-order valence-electron chi connectivity index (χ4n) is 4.43. The van der Waals surface area contributed by atoms with Crippen molar-refractivity contribution < 1.29 is 9.53 Å². The lowest BCUT2D eigenvalue weighted by Gasteiger charge is -2.05. The van der Waals surface area contributed by atoms with Crippen molar-refractivity contribution in [3.8, 4) is 0 Å². The van der Waals surface area contributed by atoms with Gasteiger partial charge in [0.05, 0.1) is 0 Å². The van der Waals surface area contributed by atoms with E-state index in [0.29, 0.717) is 5.78 Å². The Hall–Kier alpha value is -0.370. The Bertz CT molecular complexity index is 323. The summed E-state index contributed by atoms with van der Waals surface area (Å²) in [6.45, 7) is 6.57. The third-order valence-electron chi connectivity index (χ3n) is 6.70. The molecule has 1 saturated carbocycles. The first kappa shape index (κ1) is 31.6. The van der Waals surface area contributed by atoms with Gasteiger partial charge in [-0.15, -0.1) is 0 Å². The highest BCUT2D eigenvalue weighted by Gasteiger charge is 2.06. The van der Waals surface area contributed by atoms with Gasteiger partial charge in [-0.25, -0.2) is 0 Å². The van der Waals surface area contributed by atoms with Gasteiger partial charge < -0.3 is 4.74 Å². The fraction of sp³-hybridized carbons (Fsp3) is 0.967. The summed E-state index contributed by atoms with van der Waals surface area (Å²) in [5.74, 6) is 0.464. The average molecular weight is 453 g/mol. The van der Waals surface area contributed by atoms with E-state index >= 15 is 0 Å². The van der Waals surface area contributed by atoms with Crippen LogP contribution in [0.5, 0.6) is 0 Å². The molecule has 0 N–H and O–H groups in total. The second-order valence-electron chi connectivity index (χ2n) is 10.1. The average Bonchev–Trinajstić information content (AvgIpc) is 2.81. The monoisotopic (exact) mass is 452 g/mol. The molecule has 1 rings (SSSR count). The third-order valence-corrected chi connectivity index (χ3v) is 6.70. The van der Waals surface area contributed by atoms with Gasteiger partial charge in [0.15, 0.2) is 0 Å². The molecule has 0 aromatic carbocycles. The van der Waals surface area contributed by atoms with E-state index in [9.17, 15) is 4.79 Å². The first-order valence-electron chi connectivity index (χ1n) is 14.9. The molecule has 1 fully saturated rings. The Morgan fingerprint density at radius 3 is 1.06 bits per heavy atom. The quantitative estimate of drug-likeness (QED) is 0.153. The lowest BCUT2D eigenvalue weighted by atomic mass is 10.00. The second kappa shape index (κ2) is 28.7. The van der Waals surface area contributed by atoms with E-state index < -0.39 is 0 Å². The minimum absolute atomic E-state index is 0.464. The van der Waals surface area contributed by atoms with Crippen molar-refractivity contribution in [3.63, 3.8) is 0 Å². The Balaban J connectivity index is 0.00000115. The lowest BCUT2D eigenvalue weighted by Crippen LogP contribution is -2.02. The van der Waals surface area contributed by atoms with Crippen LogP contribution in [0.2, 0.25) is 0 Å². The molecule has 0 heterocycles. The number of ketones is 1. The third kappa shape index (κ3) is 27.7. The SMILES string of the molecule is CCCCCCCCCCCCOCCCCCCCCCCCC.O=C1CCCCC1. The van der Waals surface area contributed by atoms with E-state index in [1.54, 1.807) is 0 Å². The summed E-state index contributed by atoms with van der Waals surface area (Å²) in [5.41, 5.74) is 0. The number of carbonyl (C=O) groups is 1. The molecule has 192 valence electrons. The van der Waals surface area contributed by atoms with Gasteiger partial charge in [0, 0.05) is 26.1 Å². The van der Waals surface area contributed by atoms with Gasteiger partial charge in [0.2, 0.25) is 0 Å². The molecule has 0 aromatic heterocycles. The van der Waals surface area contributed by atoms with Crippen LogP contribution in [0.3, 0.4) is 0 Å². The molecule has 2 nitrogen and oxygen atoms in total. The normalized spacial score (nSPS) is 13.8. The predicted octanol–water partition coefficient (Wildman–Crippen LogP) is 10.4. The summed E-state index contributed by atoms with van der Waals surface area (Å²) in [5, 5.41) is 0. The van der Waals surface area contributed by atoms with Crippen molar-refractivity contribution in [2.75, 3.05) is 13.2 Å². The van der Waals surface area contributed by atoms with Crippen LogP contribution < -0.4 is 0 Å². The summed E-state index contributed by atoms with van der Waals surface area (Å²) in [7, 11) is 0. The van der Waals surface area contributed by atoms with E-state index in [-0.39, 0.29) is 0 Å². The van der Waals surface area contributed by atoms with Gasteiger partial charge in [0.25, 0.3) is 0 Å². The van der Waals surface area contributed by atoms with E-state index in [2.05, 4.69) is 13.8 Å². The number of hydrogen-bond donors (Lipinski definition) is 0. The zero-order valence-electron chi connectivity index (χ0n) is 22.4. The van der Waals surface area contributed by atoms with Crippen molar-refractivity contribution in [1.82, 2.24) is 0 Å². The number of hydrogen-bond acceptors (Lipinski definition) is 2. The molecule has 32 heavy (non-hydrogen) atoms. The smallest absolute Gasteiger partial charge is 0.132 e. The minimum atomic E-state index is 0.464. The molecule has 0 spiro atoms. The highest BCUT2D eigenvalue weighted by molar-refractivity contribution is 5.78.